The summed E-state index contributed by atoms with van der Waals surface area (Å²) >= 11 is 7.03. The van der Waals surface area contributed by atoms with Crippen LogP contribution in [-0.4, -0.2) is 12.8 Å². The van der Waals surface area contributed by atoms with Crippen LogP contribution in [0.1, 0.15) is 23.6 Å². The van der Waals surface area contributed by atoms with E-state index in [2.05, 4.69) is 62.8 Å². The molecule has 0 saturated heterocycles. The fraction of sp³-hybridized carbons (Fsp3) is 0.235. The van der Waals surface area contributed by atoms with Gasteiger partial charge in [-0.3, -0.25) is 4.99 Å². The highest BCUT2D eigenvalue weighted by Crippen LogP contribution is 2.32. The summed E-state index contributed by atoms with van der Waals surface area (Å²) in [6.07, 6.45) is 1.84. The molecule has 0 aliphatic carbocycles. The quantitative estimate of drug-likeness (QED) is 0.568. The molecule has 0 aromatic heterocycles. The van der Waals surface area contributed by atoms with Crippen molar-refractivity contribution in [1.29, 1.82) is 0 Å². The molecule has 0 amide bonds. The van der Waals surface area contributed by atoms with Crippen LogP contribution in [0.25, 0.3) is 0 Å². The average molecular weight is 411 g/mol. The van der Waals surface area contributed by atoms with Gasteiger partial charge in [0.15, 0.2) is 0 Å². The summed E-state index contributed by atoms with van der Waals surface area (Å²) in [4.78, 5) is 4.56. The highest BCUT2D eigenvalue weighted by molar-refractivity contribution is 9.11. The molecule has 0 fully saturated rings. The number of rotatable bonds is 4. The summed E-state index contributed by atoms with van der Waals surface area (Å²) in [5.74, 6) is 0.813. The van der Waals surface area contributed by atoms with Gasteiger partial charge in [-0.25, -0.2) is 0 Å². The Hall–Kier alpha value is -1.13. The molecule has 0 atom stereocenters. The zero-order valence-electron chi connectivity index (χ0n) is 12.3. The van der Waals surface area contributed by atoms with Crippen LogP contribution in [0.15, 0.2) is 44.3 Å². The predicted molar refractivity (Wildman–Crippen MR) is 96.2 cm³/mol. The SMILES string of the molecule is CCOc1c(Br)cc(Br)cc1C=Nc1ccc(C)c(C)c1. The van der Waals surface area contributed by atoms with E-state index < -0.39 is 0 Å². The molecular weight excluding hydrogens is 394 g/mol. The average Bonchev–Trinajstić information content (AvgIpc) is 2.43. The number of hydrogen-bond donors (Lipinski definition) is 0. The summed E-state index contributed by atoms with van der Waals surface area (Å²) in [6.45, 7) is 6.78. The van der Waals surface area contributed by atoms with Crippen molar-refractivity contribution < 1.29 is 4.74 Å². The molecule has 4 heteroatoms. The topological polar surface area (TPSA) is 21.6 Å². The Morgan fingerprint density at radius 1 is 1.10 bits per heavy atom. The molecule has 0 heterocycles. The molecule has 0 radical (unpaired) electrons. The number of aliphatic imine (C=N–C) groups is 1. The second kappa shape index (κ2) is 7.23. The summed E-state index contributed by atoms with van der Waals surface area (Å²) in [6, 6.07) is 10.2. The second-order valence-electron chi connectivity index (χ2n) is 4.77. The summed E-state index contributed by atoms with van der Waals surface area (Å²) < 4.78 is 7.60. The van der Waals surface area contributed by atoms with Crippen molar-refractivity contribution in [3.05, 3.63) is 56.0 Å². The van der Waals surface area contributed by atoms with Crippen LogP contribution in [0.3, 0.4) is 0 Å². The fourth-order valence-electron chi connectivity index (χ4n) is 1.92. The fourth-order valence-corrected chi connectivity index (χ4v) is 3.30. The molecule has 2 aromatic carbocycles. The van der Waals surface area contributed by atoms with Crippen LogP contribution >= 0.6 is 31.9 Å². The third-order valence-electron chi connectivity index (χ3n) is 3.17. The van der Waals surface area contributed by atoms with Crippen LogP contribution < -0.4 is 4.74 Å². The Kier molecular flexibility index (Phi) is 5.59. The highest BCUT2D eigenvalue weighted by Gasteiger charge is 2.08. The van der Waals surface area contributed by atoms with Gasteiger partial charge in [0.1, 0.15) is 5.75 Å². The lowest BCUT2D eigenvalue weighted by Gasteiger charge is -2.10. The van der Waals surface area contributed by atoms with Gasteiger partial charge in [-0.1, -0.05) is 22.0 Å². The molecule has 0 aliphatic rings. The minimum absolute atomic E-state index is 0.616. The predicted octanol–water partition coefficient (Wildman–Crippen LogP) is 5.98. The van der Waals surface area contributed by atoms with Gasteiger partial charge in [-0.05, 0) is 72.1 Å². The Morgan fingerprint density at radius 2 is 1.86 bits per heavy atom. The van der Waals surface area contributed by atoms with Crippen molar-refractivity contribution in [1.82, 2.24) is 0 Å². The summed E-state index contributed by atoms with van der Waals surface area (Å²) in [5, 5.41) is 0. The molecule has 2 nitrogen and oxygen atoms in total. The van der Waals surface area contributed by atoms with Gasteiger partial charge < -0.3 is 4.74 Å². The minimum atomic E-state index is 0.616. The molecule has 0 aliphatic heterocycles. The van der Waals surface area contributed by atoms with Gasteiger partial charge in [0.05, 0.1) is 16.8 Å². The van der Waals surface area contributed by atoms with Crippen LogP contribution in [0.2, 0.25) is 0 Å². The summed E-state index contributed by atoms with van der Waals surface area (Å²) in [5.41, 5.74) is 4.40. The summed E-state index contributed by atoms with van der Waals surface area (Å²) in [7, 11) is 0. The Bertz CT molecular complexity index is 681. The van der Waals surface area contributed by atoms with E-state index in [-0.39, 0.29) is 0 Å². The Labute approximate surface area is 142 Å². The molecule has 0 spiro atoms. The third kappa shape index (κ3) is 4.17. The van der Waals surface area contributed by atoms with Crippen molar-refractivity contribution in [2.24, 2.45) is 4.99 Å². The van der Waals surface area contributed by atoms with Gasteiger partial charge in [0.2, 0.25) is 0 Å². The third-order valence-corrected chi connectivity index (χ3v) is 4.22. The first-order chi connectivity index (χ1) is 10.0. The zero-order chi connectivity index (χ0) is 15.4. The van der Waals surface area contributed by atoms with Gasteiger partial charge >= 0.3 is 0 Å². The molecule has 110 valence electrons. The monoisotopic (exact) mass is 409 g/mol. The van der Waals surface area contributed by atoms with E-state index in [1.54, 1.807) is 0 Å². The van der Waals surface area contributed by atoms with Crippen molar-refractivity contribution >= 4 is 43.8 Å². The maximum absolute atomic E-state index is 5.70. The van der Waals surface area contributed by atoms with Crippen LogP contribution in [0.4, 0.5) is 5.69 Å². The number of benzene rings is 2. The van der Waals surface area contributed by atoms with Crippen molar-refractivity contribution in [3.8, 4) is 5.75 Å². The zero-order valence-corrected chi connectivity index (χ0v) is 15.5. The second-order valence-corrected chi connectivity index (χ2v) is 6.54. The molecule has 21 heavy (non-hydrogen) atoms. The largest absolute Gasteiger partial charge is 0.492 e. The number of halogens is 2. The lowest BCUT2D eigenvalue weighted by atomic mass is 10.1. The van der Waals surface area contributed by atoms with E-state index in [1.807, 2.05) is 31.3 Å². The first kappa shape index (κ1) is 16.2. The lowest BCUT2D eigenvalue weighted by molar-refractivity contribution is 0.337. The molecule has 0 saturated carbocycles. The first-order valence-corrected chi connectivity index (χ1v) is 8.33. The van der Waals surface area contributed by atoms with E-state index in [9.17, 15) is 0 Å². The normalized spacial score (nSPS) is 11.1. The van der Waals surface area contributed by atoms with Crippen molar-refractivity contribution in [2.75, 3.05) is 6.61 Å². The smallest absolute Gasteiger partial charge is 0.142 e. The number of hydrogen-bond acceptors (Lipinski definition) is 2. The highest BCUT2D eigenvalue weighted by atomic mass is 79.9. The lowest BCUT2D eigenvalue weighted by Crippen LogP contribution is -1.97. The number of ether oxygens (including phenoxy) is 1. The number of aryl methyl sites for hydroxylation is 2. The van der Waals surface area contributed by atoms with Gasteiger partial charge in [0, 0.05) is 16.3 Å². The maximum atomic E-state index is 5.70. The molecule has 0 unspecified atom stereocenters. The maximum Gasteiger partial charge on any atom is 0.142 e. The Morgan fingerprint density at radius 3 is 2.52 bits per heavy atom. The van der Waals surface area contributed by atoms with Gasteiger partial charge in [-0.15, -0.1) is 0 Å². The standard InChI is InChI=1S/C17H17Br2NO/c1-4-21-17-13(8-14(18)9-16(17)19)10-20-15-6-5-11(2)12(3)7-15/h5-10H,4H2,1-3H3. The van der Waals surface area contributed by atoms with Crippen molar-refractivity contribution in [2.45, 2.75) is 20.8 Å². The van der Waals surface area contributed by atoms with E-state index >= 15 is 0 Å². The number of nitrogens with zero attached hydrogens (tertiary/aromatic N) is 1. The molecule has 0 bridgehead atoms. The van der Waals surface area contributed by atoms with Crippen LogP contribution in [0.5, 0.6) is 5.75 Å². The van der Waals surface area contributed by atoms with Gasteiger partial charge in [-0.2, -0.15) is 0 Å². The minimum Gasteiger partial charge on any atom is -0.492 e. The molecule has 2 rings (SSSR count). The molecular formula is C17H17Br2NO. The van der Waals surface area contributed by atoms with E-state index in [0.29, 0.717) is 6.61 Å². The molecule has 2 aromatic rings. The van der Waals surface area contributed by atoms with E-state index in [4.69, 9.17) is 4.74 Å². The Balaban J connectivity index is 2.37. The van der Waals surface area contributed by atoms with E-state index in [0.717, 1.165) is 25.9 Å². The van der Waals surface area contributed by atoms with Gasteiger partial charge in [0.25, 0.3) is 0 Å². The van der Waals surface area contributed by atoms with Crippen LogP contribution in [0, 0.1) is 13.8 Å². The van der Waals surface area contributed by atoms with Crippen LogP contribution in [-0.2, 0) is 0 Å². The molecule has 0 N–H and O–H groups in total. The van der Waals surface area contributed by atoms with Crippen molar-refractivity contribution in [3.63, 3.8) is 0 Å². The first-order valence-electron chi connectivity index (χ1n) is 6.74. The van der Waals surface area contributed by atoms with E-state index in [1.165, 1.54) is 11.1 Å².